The van der Waals surface area contributed by atoms with Crippen molar-refractivity contribution in [3.63, 3.8) is 0 Å². The third-order valence-corrected chi connectivity index (χ3v) is 6.43. The first kappa shape index (κ1) is 24.6. The van der Waals surface area contributed by atoms with Crippen LogP contribution in [0.1, 0.15) is 46.1 Å². The van der Waals surface area contributed by atoms with Gasteiger partial charge in [-0.3, -0.25) is 4.79 Å². The van der Waals surface area contributed by atoms with E-state index in [4.69, 9.17) is 9.47 Å². The molecule has 1 saturated heterocycles. The van der Waals surface area contributed by atoms with Crippen molar-refractivity contribution in [2.24, 2.45) is 0 Å². The fourth-order valence-corrected chi connectivity index (χ4v) is 3.99. The predicted octanol–water partition coefficient (Wildman–Crippen LogP) is 2.72. The highest BCUT2D eigenvalue weighted by Crippen LogP contribution is 2.47. The van der Waals surface area contributed by atoms with Gasteiger partial charge >= 0.3 is 5.97 Å². The lowest BCUT2D eigenvalue weighted by Gasteiger charge is -2.65. The van der Waals surface area contributed by atoms with E-state index in [0.717, 1.165) is 18.5 Å². The number of ketones is 1. The van der Waals surface area contributed by atoms with Crippen molar-refractivity contribution >= 4 is 17.4 Å². The summed E-state index contributed by atoms with van der Waals surface area (Å²) in [5.41, 5.74) is 8.83. The molecule has 1 fully saturated rings. The Morgan fingerprint density at radius 2 is 2.00 bits per heavy atom. The Hall–Kier alpha value is -3.04. The maximum Gasteiger partial charge on any atom is 0.333 e. The van der Waals surface area contributed by atoms with Gasteiger partial charge < -0.3 is 25.3 Å². The van der Waals surface area contributed by atoms with Gasteiger partial charge in [0.1, 0.15) is 30.5 Å². The number of hydrogen-bond donors (Lipinski definition) is 4. The van der Waals surface area contributed by atoms with E-state index in [9.17, 15) is 14.7 Å². The van der Waals surface area contributed by atoms with Crippen molar-refractivity contribution in [1.82, 2.24) is 15.9 Å². The topological polar surface area (TPSA) is 112 Å². The molecule has 1 aliphatic carbocycles. The normalized spacial score (nSPS) is 24.1. The number of aromatic hydroxyl groups is 1. The third-order valence-electron chi connectivity index (χ3n) is 6.43. The standard InChI is InChI=1S/C24H34N4O5/c1-15(2)22(31)33-12-11-32-20-8-7-19(21(30)17(20)4)26-28-24(6)10-9-18(25-14-16(3)29)13-23(24,5)27-28/h7-9,25-27,30H,1,10-14H2,2-6H3. The Labute approximate surface area is 194 Å². The largest absolute Gasteiger partial charge is 0.505 e. The van der Waals surface area contributed by atoms with Crippen molar-refractivity contribution in [3.05, 3.63) is 41.6 Å². The average molecular weight is 459 g/mol. The van der Waals surface area contributed by atoms with Crippen LogP contribution in [-0.4, -0.2) is 52.8 Å². The van der Waals surface area contributed by atoms with Crippen LogP contribution < -0.4 is 20.9 Å². The van der Waals surface area contributed by atoms with Gasteiger partial charge in [-0.15, -0.1) is 5.12 Å². The summed E-state index contributed by atoms with van der Waals surface area (Å²) >= 11 is 0. The zero-order valence-electron chi connectivity index (χ0n) is 20.0. The first-order chi connectivity index (χ1) is 15.5. The Kier molecular flexibility index (Phi) is 7.04. The van der Waals surface area contributed by atoms with Crippen molar-refractivity contribution < 1.29 is 24.2 Å². The van der Waals surface area contributed by atoms with Crippen molar-refractivity contribution in [2.45, 2.75) is 58.5 Å². The summed E-state index contributed by atoms with van der Waals surface area (Å²) in [6.45, 7) is 13.4. The molecule has 0 amide bonds. The van der Waals surface area contributed by atoms with Crippen LogP contribution in [0.15, 0.2) is 36.1 Å². The highest BCUT2D eigenvalue weighted by atomic mass is 16.6. The molecule has 3 rings (SSSR count). The highest BCUT2D eigenvalue weighted by molar-refractivity contribution is 5.86. The smallest absolute Gasteiger partial charge is 0.333 e. The summed E-state index contributed by atoms with van der Waals surface area (Å²) in [6.07, 6.45) is 3.67. The minimum atomic E-state index is -0.459. The maximum absolute atomic E-state index is 11.4. The first-order valence-electron chi connectivity index (χ1n) is 11.0. The monoisotopic (exact) mass is 458 g/mol. The number of carbonyl (C=O) groups excluding carboxylic acids is 2. The molecule has 9 nitrogen and oxygen atoms in total. The highest BCUT2D eigenvalue weighted by Gasteiger charge is 2.60. The van der Waals surface area contributed by atoms with E-state index in [1.807, 2.05) is 5.12 Å². The fourth-order valence-electron chi connectivity index (χ4n) is 3.99. The van der Waals surface area contributed by atoms with E-state index in [-0.39, 0.29) is 35.8 Å². The lowest BCUT2D eigenvalue weighted by Crippen LogP contribution is -2.86. The Morgan fingerprint density at radius 3 is 2.64 bits per heavy atom. The van der Waals surface area contributed by atoms with E-state index in [2.05, 4.69) is 42.7 Å². The Balaban J connectivity index is 1.60. The molecule has 1 aromatic carbocycles. The summed E-state index contributed by atoms with van der Waals surface area (Å²) in [4.78, 5) is 22.7. The SMILES string of the molecule is C=C(C)C(=O)OCCOc1ccc(NN2NC3(C)CC(NCC(C)=O)=CCC23C)c(O)c1C. The maximum atomic E-state index is 11.4. The summed E-state index contributed by atoms with van der Waals surface area (Å²) in [5, 5.41) is 15.9. The van der Waals surface area contributed by atoms with Crippen LogP contribution in [-0.2, 0) is 14.3 Å². The zero-order chi connectivity index (χ0) is 24.4. The van der Waals surface area contributed by atoms with E-state index in [0.29, 0.717) is 29.1 Å². The molecule has 180 valence electrons. The number of nitrogens with zero attached hydrogens (tertiary/aromatic N) is 1. The Morgan fingerprint density at radius 1 is 1.27 bits per heavy atom. The number of fused-ring (bicyclic) bond motifs is 1. The first-order valence-corrected chi connectivity index (χ1v) is 11.0. The molecule has 0 radical (unpaired) electrons. The number of hydrogen-bond acceptors (Lipinski definition) is 9. The number of nitrogens with one attached hydrogen (secondary N) is 3. The summed E-state index contributed by atoms with van der Waals surface area (Å²) < 4.78 is 10.7. The van der Waals surface area contributed by atoms with Crippen LogP contribution >= 0.6 is 0 Å². The molecule has 33 heavy (non-hydrogen) atoms. The van der Waals surface area contributed by atoms with Crippen molar-refractivity contribution in [2.75, 3.05) is 25.2 Å². The summed E-state index contributed by atoms with van der Waals surface area (Å²) in [5.74, 6) is 0.240. The average Bonchev–Trinajstić information content (AvgIpc) is 2.75. The fraction of sp³-hybridized carbons (Fsp3) is 0.500. The number of rotatable bonds is 10. The number of anilines is 1. The van der Waals surface area contributed by atoms with Crippen LogP contribution in [0.25, 0.3) is 0 Å². The molecule has 0 spiro atoms. The van der Waals surface area contributed by atoms with E-state index in [1.54, 1.807) is 32.9 Å². The third kappa shape index (κ3) is 4.99. The second-order valence-electron chi connectivity index (χ2n) is 9.18. The van der Waals surface area contributed by atoms with Gasteiger partial charge in [-0.05, 0) is 53.2 Å². The molecule has 2 aliphatic rings. The second-order valence-corrected chi connectivity index (χ2v) is 9.18. The Bertz CT molecular complexity index is 991. The van der Waals surface area contributed by atoms with Gasteiger partial charge in [-0.1, -0.05) is 12.7 Å². The molecule has 0 bridgehead atoms. The number of ether oxygens (including phenoxy) is 2. The molecule has 1 heterocycles. The van der Waals surface area contributed by atoms with E-state index < -0.39 is 5.97 Å². The lowest BCUT2D eigenvalue weighted by molar-refractivity contribution is -0.148. The van der Waals surface area contributed by atoms with Crippen LogP contribution in [0, 0.1) is 6.92 Å². The van der Waals surface area contributed by atoms with Gasteiger partial charge in [-0.2, -0.15) is 0 Å². The van der Waals surface area contributed by atoms with Crippen LogP contribution in [0.4, 0.5) is 5.69 Å². The van der Waals surface area contributed by atoms with Crippen LogP contribution in [0.5, 0.6) is 11.5 Å². The predicted molar refractivity (Wildman–Crippen MR) is 126 cm³/mol. The number of esters is 1. The number of phenolic OH excluding ortho intramolecular Hbond substituents is 1. The number of benzene rings is 1. The number of Topliss-reactive ketones (excluding diaryl/α,β-unsaturated/α-hetero) is 1. The second kappa shape index (κ2) is 9.44. The summed E-state index contributed by atoms with van der Waals surface area (Å²) in [7, 11) is 0. The van der Waals surface area contributed by atoms with Gasteiger partial charge in [0, 0.05) is 23.3 Å². The van der Waals surface area contributed by atoms with E-state index >= 15 is 0 Å². The van der Waals surface area contributed by atoms with Crippen LogP contribution in [0.2, 0.25) is 0 Å². The zero-order valence-corrected chi connectivity index (χ0v) is 20.0. The van der Waals surface area contributed by atoms with Gasteiger partial charge in [0.25, 0.3) is 0 Å². The van der Waals surface area contributed by atoms with Gasteiger partial charge in [0.15, 0.2) is 0 Å². The lowest BCUT2D eigenvalue weighted by atomic mass is 9.67. The number of hydrazine groups is 2. The van der Waals surface area contributed by atoms with Gasteiger partial charge in [-0.25, -0.2) is 10.2 Å². The number of phenols is 1. The van der Waals surface area contributed by atoms with Gasteiger partial charge in [0.2, 0.25) is 0 Å². The minimum absolute atomic E-state index is 0.0839. The quantitative estimate of drug-likeness (QED) is 0.182. The molecular formula is C24H34N4O5. The molecule has 0 saturated carbocycles. The molecule has 9 heteroatoms. The van der Waals surface area contributed by atoms with Crippen molar-refractivity contribution in [3.8, 4) is 11.5 Å². The molecule has 1 aromatic rings. The van der Waals surface area contributed by atoms with Crippen LogP contribution in [0.3, 0.4) is 0 Å². The summed E-state index contributed by atoms with van der Waals surface area (Å²) in [6, 6.07) is 3.51. The van der Waals surface area contributed by atoms with Crippen molar-refractivity contribution in [1.29, 1.82) is 0 Å². The molecule has 2 atom stereocenters. The minimum Gasteiger partial charge on any atom is -0.505 e. The molecular weight excluding hydrogens is 424 g/mol. The molecule has 0 aromatic heterocycles. The van der Waals surface area contributed by atoms with Gasteiger partial charge in [0.05, 0.1) is 23.3 Å². The molecule has 2 unspecified atom stereocenters. The molecule has 4 N–H and O–H groups in total. The van der Waals surface area contributed by atoms with E-state index in [1.165, 1.54) is 0 Å². The number of carbonyl (C=O) groups is 2. The molecule has 1 aliphatic heterocycles.